The molecule has 40 heavy (non-hydrogen) atoms. The predicted molar refractivity (Wildman–Crippen MR) is 152 cm³/mol. The van der Waals surface area contributed by atoms with E-state index in [0.717, 1.165) is 29.4 Å². The van der Waals surface area contributed by atoms with Crippen molar-refractivity contribution in [1.82, 2.24) is 35.1 Å². The van der Waals surface area contributed by atoms with E-state index in [1.165, 1.54) is 17.1 Å². The molecule has 1 fully saturated rings. The first-order chi connectivity index (χ1) is 19.6. The molecule has 2 amide bonds. The van der Waals surface area contributed by atoms with Crippen LogP contribution in [0.2, 0.25) is 5.02 Å². The summed E-state index contributed by atoms with van der Waals surface area (Å²) in [6.45, 7) is 0.458. The minimum atomic E-state index is -0.705. The third-order valence-electron chi connectivity index (χ3n) is 7.09. The number of hydrogen-bond acceptors (Lipinski definition) is 6. The van der Waals surface area contributed by atoms with Crippen molar-refractivity contribution in [2.24, 2.45) is 0 Å². The largest absolute Gasteiger partial charge is 0.345 e. The van der Waals surface area contributed by atoms with Gasteiger partial charge in [0.25, 0.3) is 0 Å². The summed E-state index contributed by atoms with van der Waals surface area (Å²) in [6.07, 6.45) is 7.80. The Balaban J connectivity index is 1.31. The van der Waals surface area contributed by atoms with Crippen molar-refractivity contribution in [2.45, 2.75) is 24.8 Å². The smallest absolute Gasteiger partial charge is 0.247 e. The van der Waals surface area contributed by atoms with Crippen LogP contribution < -0.4 is 5.32 Å². The molecule has 3 heterocycles. The summed E-state index contributed by atoms with van der Waals surface area (Å²) in [4.78, 5) is 36.5. The number of aromatic nitrogens is 6. The van der Waals surface area contributed by atoms with Gasteiger partial charge in [0.1, 0.15) is 12.4 Å². The number of carbonyl (C=O) groups excluding carboxylic acids is 2. The number of tetrazole rings is 1. The number of benzene rings is 3. The second kappa shape index (κ2) is 11.1. The third-order valence-corrected chi connectivity index (χ3v) is 7.32. The number of amides is 2. The topological polar surface area (TPSA) is 122 Å². The molecule has 0 radical (unpaired) electrons. The molecule has 3 aromatic carbocycles. The number of rotatable bonds is 6. The van der Waals surface area contributed by atoms with Crippen LogP contribution in [0.25, 0.3) is 22.8 Å². The summed E-state index contributed by atoms with van der Waals surface area (Å²) in [5.74, 6) is -0.676. The van der Waals surface area contributed by atoms with Crippen LogP contribution in [0, 0.1) is 0 Å². The highest BCUT2D eigenvalue weighted by Crippen LogP contribution is 2.34. The highest BCUT2D eigenvalue weighted by atomic mass is 35.5. The van der Waals surface area contributed by atoms with Crippen LogP contribution in [-0.2, 0) is 9.59 Å². The first-order valence-corrected chi connectivity index (χ1v) is 13.3. The molecule has 1 aliphatic rings. The highest BCUT2D eigenvalue weighted by molar-refractivity contribution is 6.30. The number of anilines is 1. The number of H-pyrrole nitrogens is 1. The maximum atomic E-state index is 13.9. The first-order valence-electron chi connectivity index (χ1n) is 12.9. The molecule has 6 rings (SSSR count). The molecule has 5 aromatic rings. The lowest BCUT2D eigenvalue weighted by atomic mass is 9.82. The number of likely N-dealkylation sites (tertiary alicyclic amines) is 1. The van der Waals surface area contributed by atoms with Crippen LogP contribution in [0.3, 0.4) is 0 Å². The van der Waals surface area contributed by atoms with Crippen molar-refractivity contribution < 1.29 is 9.59 Å². The van der Waals surface area contributed by atoms with E-state index in [1.54, 1.807) is 35.5 Å². The minimum Gasteiger partial charge on any atom is -0.345 e. The number of fused-ring (bicyclic) bond motifs is 1. The van der Waals surface area contributed by atoms with Gasteiger partial charge < -0.3 is 15.2 Å². The SMILES string of the molecule is O=C(Nc1ccc2nc[nH]c2c1)C1C(c2ccccc2)CCCN1C(=O)C=Cc1cc(Cl)ccc1-n1cnnn1. The van der Waals surface area contributed by atoms with Gasteiger partial charge in [-0.15, -0.1) is 5.10 Å². The second-order valence-corrected chi connectivity index (χ2v) is 9.99. The Morgan fingerprint density at radius 2 is 1.95 bits per heavy atom. The first kappa shape index (κ1) is 25.4. The lowest BCUT2D eigenvalue weighted by molar-refractivity contribution is -0.137. The molecule has 1 saturated heterocycles. The van der Waals surface area contributed by atoms with E-state index in [1.807, 2.05) is 48.5 Å². The minimum absolute atomic E-state index is 0.161. The van der Waals surface area contributed by atoms with Crippen LogP contribution >= 0.6 is 11.6 Å². The Morgan fingerprint density at radius 3 is 2.77 bits per heavy atom. The Kier molecular flexibility index (Phi) is 7.07. The third kappa shape index (κ3) is 5.21. The fourth-order valence-electron chi connectivity index (χ4n) is 5.24. The van der Waals surface area contributed by atoms with E-state index < -0.39 is 6.04 Å². The molecule has 10 nitrogen and oxygen atoms in total. The number of carbonyl (C=O) groups is 2. The molecule has 0 bridgehead atoms. The number of nitrogens with one attached hydrogen (secondary N) is 2. The van der Waals surface area contributed by atoms with Gasteiger partial charge in [0.2, 0.25) is 11.8 Å². The average molecular weight is 553 g/mol. The normalized spacial score (nSPS) is 17.4. The molecule has 1 aliphatic heterocycles. The maximum absolute atomic E-state index is 13.9. The Bertz CT molecular complexity index is 1680. The van der Waals surface area contributed by atoms with Crippen LogP contribution in [0.5, 0.6) is 0 Å². The Morgan fingerprint density at radius 1 is 1.07 bits per heavy atom. The van der Waals surface area contributed by atoms with Gasteiger partial charge >= 0.3 is 0 Å². The maximum Gasteiger partial charge on any atom is 0.247 e. The van der Waals surface area contributed by atoms with Gasteiger partial charge in [-0.2, -0.15) is 4.68 Å². The van der Waals surface area contributed by atoms with Crippen molar-refractivity contribution in [3.63, 3.8) is 0 Å². The number of halogens is 1. The van der Waals surface area contributed by atoms with Crippen molar-refractivity contribution in [2.75, 3.05) is 11.9 Å². The van der Waals surface area contributed by atoms with E-state index in [2.05, 4.69) is 30.8 Å². The van der Waals surface area contributed by atoms with Crippen LogP contribution in [0.4, 0.5) is 5.69 Å². The summed E-state index contributed by atoms with van der Waals surface area (Å²) in [7, 11) is 0. The number of nitrogens with zero attached hydrogens (tertiary/aromatic N) is 6. The molecule has 0 saturated carbocycles. The van der Waals surface area contributed by atoms with E-state index >= 15 is 0 Å². The van der Waals surface area contributed by atoms with Crippen molar-refractivity contribution in [1.29, 1.82) is 0 Å². The second-order valence-electron chi connectivity index (χ2n) is 9.55. The van der Waals surface area contributed by atoms with Gasteiger partial charge in [0, 0.05) is 34.8 Å². The molecule has 200 valence electrons. The molecular formula is C29H25ClN8O2. The Hall–Kier alpha value is -4.83. The van der Waals surface area contributed by atoms with Gasteiger partial charge in [0.15, 0.2) is 0 Å². The molecule has 11 heteroatoms. The van der Waals surface area contributed by atoms with E-state index in [0.29, 0.717) is 28.5 Å². The summed E-state index contributed by atoms with van der Waals surface area (Å²) in [5.41, 5.74) is 4.61. The zero-order valence-electron chi connectivity index (χ0n) is 21.3. The number of hydrogen-bond donors (Lipinski definition) is 2. The van der Waals surface area contributed by atoms with Gasteiger partial charge in [-0.25, -0.2) is 4.98 Å². The molecule has 0 spiro atoms. The van der Waals surface area contributed by atoms with Gasteiger partial charge in [-0.1, -0.05) is 41.9 Å². The number of aromatic amines is 1. The van der Waals surface area contributed by atoms with Crippen molar-refractivity contribution >= 4 is 46.2 Å². The monoisotopic (exact) mass is 552 g/mol. The highest BCUT2D eigenvalue weighted by Gasteiger charge is 2.39. The van der Waals surface area contributed by atoms with Gasteiger partial charge in [0.05, 0.1) is 23.0 Å². The van der Waals surface area contributed by atoms with E-state index in [4.69, 9.17) is 11.6 Å². The number of piperidine rings is 1. The van der Waals surface area contributed by atoms with Gasteiger partial charge in [-0.05, 0) is 71.3 Å². The van der Waals surface area contributed by atoms with Crippen LogP contribution in [0.15, 0.2) is 85.5 Å². The molecule has 0 aliphatic carbocycles. The molecule has 2 N–H and O–H groups in total. The molecular weight excluding hydrogens is 528 g/mol. The summed E-state index contributed by atoms with van der Waals surface area (Å²) in [6, 6.07) is 19.9. The Labute approximate surface area is 234 Å². The summed E-state index contributed by atoms with van der Waals surface area (Å²) in [5, 5.41) is 14.9. The average Bonchev–Trinajstić information content (AvgIpc) is 3.68. The van der Waals surface area contributed by atoms with Crippen molar-refractivity contribution in [3.8, 4) is 5.69 Å². The summed E-state index contributed by atoms with van der Waals surface area (Å²) < 4.78 is 1.50. The fourth-order valence-corrected chi connectivity index (χ4v) is 5.42. The molecule has 2 atom stereocenters. The van der Waals surface area contributed by atoms with E-state index in [9.17, 15) is 9.59 Å². The van der Waals surface area contributed by atoms with E-state index in [-0.39, 0.29) is 17.7 Å². The number of imidazole rings is 1. The lowest BCUT2D eigenvalue weighted by Gasteiger charge is -2.40. The van der Waals surface area contributed by atoms with Crippen LogP contribution in [0.1, 0.15) is 29.9 Å². The lowest BCUT2D eigenvalue weighted by Crippen LogP contribution is -2.53. The quantitative estimate of drug-likeness (QED) is 0.296. The van der Waals surface area contributed by atoms with Crippen molar-refractivity contribution in [3.05, 3.63) is 102 Å². The molecule has 2 aromatic heterocycles. The fraction of sp³-hybridized carbons (Fsp3) is 0.172. The predicted octanol–water partition coefficient (Wildman–Crippen LogP) is 4.62. The molecule has 2 unspecified atom stereocenters. The van der Waals surface area contributed by atoms with Crippen LogP contribution in [-0.4, -0.2) is 59.5 Å². The zero-order chi connectivity index (χ0) is 27.5. The zero-order valence-corrected chi connectivity index (χ0v) is 22.1. The summed E-state index contributed by atoms with van der Waals surface area (Å²) >= 11 is 6.25. The van der Waals surface area contributed by atoms with Gasteiger partial charge in [-0.3, -0.25) is 9.59 Å². The standard InChI is InChI=1S/C29H25ClN8O2/c30-21-9-12-26(38-18-33-35-36-38)20(15-21)8-13-27(39)37-14-4-7-23(19-5-2-1-3-6-19)28(37)29(40)34-22-10-11-24-25(16-22)32-17-31-24/h1-3,5-6,8-13,15-18,23,28H,4,7,14H2,(H,31,32)(H,34,40).